The quantitative estimate of drug-likeness (QED) is 0.621. The number of aliphatic hydroxyl groups excluding tert-OH is 1. The van der Waals surface area contributed by atoms with Crippen LogP contribution in [0.5, 0.6) is 0 Å². The molecule has 3 aliphatic rings. The Morgan fingerprint density at radius 3 is 2.56 bits per heavy atom. The zero-order chi connectivity index (χ0) is 23.0. The highest BCUT2D eigenvalue weighted by molar-refractivity contribution is 5.89. The van der Waals surface area contributed by atoms with Crippen molar-refractivity contribution in [2.75, 3.05) is 38.1 Å². The van der Waals surface area contributed by atoms with E-state index in [2.05, 4.69) is 10.6 Å². The Labute approximate surface area is 182 Å². The van der Waals surface area contributed by atoms with Crippen molar-refractivity contribution in [1.82, 2.24) is 15.1 Å². The van der Waals surface area contributed by atoms with E-state index >= 15 is 0 Å². The molecule has 0 radical (unpaired) electrons. The summed E-state index contributed by atoms with van der Waals surface area (Å²) in [5, 5.41) is 16.0. The Morgan fingerprint density at radius 1 is 1.19 bits per heavy atom. The number of amides is 3. The van der Waals surface area contributed by atoms with Crippen molar-refractivity contribution >= 4 is 17.6 Å². The molecular formula is C20H25F3N4O5. The predicted molar refractivity (Wildman–Crippen MR) is 106 cm³/mol. The number of hydrogen-bond acceptors (Lipinski definition) is 6. The standard InChI is InChI=1S/C20H25F3N4O5/c1-11(28)26-5-7-27(8-6-26)16-17(29)15(14-10-31-18(16)32-14)25-19(30)24-13-4-2-3-12(9-13)20(21,22)23/h2-4,9,14-18,29H,5-8,10H2,1H3,(H2,24,25,30)/t14-,15-,16-,17+,18-/m1/s1. The smallest absolute Gasteiger partial charge is 0.389 e. The van der Waals surface area contributed by atoms with Gasteiger partial charge in [0, 0.05) is 38.8 Å². The molecule has 176 valence electrons. The Bertz CT molecular complexity index is 862. The fourth-order valence-electron chi connectivity index (χ4n) is 4.39. The van der Waals surface area contributed by atoms with Gasteiger partial charge in [-0.2, -0.15) is 13.2 Å². The largest absolute Gasteiger partial charge is 0.416 e. The van der Waals surface area contributed by atoms with Gasteiger partial charge in [0.15, 0.2) is 6.29 Å². The van der Waals surface area contributed by atoms with Crippen molar-refractivity contribution in [1.29, 1.82) is 0 Å². The van der Waals surface area contributed by atoms with E-state index in [0.717, 1.165) is 12.1 Å². The maximum atomic E-state index is 12.9. The number of aliphatic hydroxyl groups is 1. The first kappa shape index (κ1) is 22.8. The van der Waals surface area contributed by atoms with Crippen LogP contribution >= 0.6 is 0 Å². The molecule has 0 saturated carbocycles. The number of rotatable bonds is 3. The van der Waals surface area contributed by atoms with Crippen LogP contribution in [0, 0.1) is 0 Å². The molecule has 2 bridgehead atoms. The van der Waals surface area contributed by atoms with Crippen molar-refractivity contribution in [2.45, 2.75) is 43.7 Å². The minimum absolute atomic E-state index is 0.0203. The highest BCUT2D eigenvalue weighted by atomic mass is 19.4. The summed E-state index contributed by atoms with van der Waals surface area (Å²) >= 11 is 0. The lowest BCUT2D eigenvalue weighted by Crippen LogP contribution is -2.67. The highest BCUT2D eigenvalue weighted by Gasteiger charge is 2.53. The van der Waals surface area contributed by atoms with Crippen molar-refractivity contribution in [2.24, 2.45) is 0 Å². The summed E-state index contributed by atoms with van der Waals surface area (Å²) in [6.45, 7) is 3.70. The average Bonchev–Trinajstić information content (AvgIpc) is 3.16. The lowest BCUT2D eigenvalue weighted by Gasteiger charge is -2.46. The fraction of sp³-hybridized carbons (Fsp3) is 0.600. The van der Waals surface area contributed by atoms with Crippen LogP contribution < -0.4 is 10.6 Å². The lowest BCUT2D eigenvalue weighted by molar-refractivity contribution is -0.185. The summed E-state index contributed by atoms with van der Waals surface area (Å²) in [5.41, 5.74) is -0.908. The van der Waals surface area contributed by atoms with Gasteiger partial charge in [0.1, 0.15) is 6.10 Å². The second-order valence-electron chi connectivity index (χ2n) is 8.10. The van der Waals surface area contributed by atoms with Crippen LogP contribution in [0.2, 0.25) is 0 Å². The second-order valence-corrected chi connectivity index (χ2v) is 8.10. The molecule has 9 nitrogen and oxygen atoms in total. The van der Waals surface area contributed by atoms with Crippen LogP contribution in [0.25, 0.3) is 0 Å². The molecule has 0 aromatic heterocycles. The number of nitrogens with zero attached hydrogens (tertiary/aromatic N) is 2. The van der Waals surface area contributed by atoms with E-state index in [1.165, 1.54) is 19.1 Å². The third-order valence-electron chi connectivity index (χ3n) is 6.06. The number of carbonyl (C=O) groups is 2. The molecule has 12 heteroatoms. The number of ether oxygens (including phenoxy) is 2. The molecule has 3 N–H and O–H groups in total. The molecule has 0 spiro atoms. The number of urea groups is 1. The molecule has 0 aliphatic carbocycles. The molecule has 1 aromatic rings. The normalized spacial score (nSPS) is 30.8. The predicted octanol–water partition coefficient (Wildman–Crippen LogP) is 0.844. The molecular weight excluding hydrogens is 433 g/mol. The van der Waals surface area contributed by atoms with Gasteiger partial charge in [0.05, 0.1) is 30.4 Å². The first-order valence-corrected chi connectivity index (χ1v) is 10.3. The van der Waals surface area contributed by atoms with Crippen LogP contribution in [-0.2, 0) is 20.4 Å². The van der Waals surface area contributed by atoms with Crippen LogP contribution in [0.3, 0.4) is 0 Å². The molecule has 5 atom stereocenters. The number of nitrogens with one attached hydrogen (secondary N) is 2. The molecule has 3 amide bonds. The molecule has 3 saturated heterocycles. The van der Waals surface area contributed by atoms with Crippen molar-refractivity contribution in [3.63, 3.8) is 0 Å². The van der Waals surface area contributed by atoms with Gasteiger partial charge in [0.25, 0.3) is 0 Å². The molecule has 1 aromatic carbocycles. The summed E-state index contributed by atoms with van der Waals surface area (Å²) in [5.74, 6) is -0.0203. The van der Waals surface area contributed by atoms with Gasteiger partial charge in [-0.1, -0.05) is 6.07 Å². The van der Waals surface area contributed by atoms with Gasteiger partial charge in [-0.15, -0.1) is 0 Å². The van der Waals surface area contributed by atoms with E-state index in [-0.39, 0.29) is 18.2 Å². The summed E-state index contributed by atoms with van der Waals surface area (Å²) in [6, 6.07) is 2.14. The van der Waals surface area contributed by atoms with Crippen LogP contribution in [0.1, 0.15) is 12.5 Å². The van der Waals surface area contributed by atoms with Gasteiger partial charge in [0.2, 0.25) is 5.91 Å². The summed E-state index contributed by atoms with van der Waals surface area (Å²) in [4.78, 5) is 27.7. The summed E-state index contributed by atoms with van der Waals surface area (Å²) in [7, 11) is 0. The molecule has 3 aliphatic heterocycles. The van der Waals surface area contributed by atoms with Crippen molar-refractivity contribution in [3.05, 3.63) is 29.8 Å². The summed E-state index contributed by atoms with van der Waals surface area (Å²) < 4.78 is 50.2. The van der Waals surface area contributed by atoms with Crippen LogP contribution in [-0.4, -0.2) is 90.2 Å². The third-order valence-corrected chi connectivity index (χ3v) is 6.06. The molecule has 0 unspecified atom stereocenters. The number of alkyl halides is 3. The number of benzene rings is 1. The molecule has 32 heavy (non-hydrogen) atoms. The number of carbonyl (C=O) groups excluding carboxylic acids is 2. The summed E-state index contributed by atoms with van der Waals surface area (Å²) in [6.07, 6.45) is -6.81. The minimum Gasteiger partial charge on any atom is -0.389 e. The molecule has 3 heterocycles. The Hall–Kier alpha value is -2.41. The van der Waals surface area contributed by atoms with E-state index < -0.39 is 48.4 Å². The SMILES string of the molecule is CC(=O)N1CCN([C@H]2[C@@H]3OC[C@@H](O3)[C@@H](NC(=O)Nc3cccc(C(F)(F)F)c3)[C@@H]2O)CC1. The zero-order valence-corrected chi connectivity index (χ0v) is 17.3. The zero-order valence-electron chi connectivity index (χ0n) is 17.3. The number of halogens is 3. The Morgan fingerprint density at radius 2 is 1.91 bits per heavy atom. The average molecular weight is 458 g/mol. The molecule has 4 rings (SSSR count). The van der Waals surface area contributed by atoms with Gasteiger partial charge in [-0.25, -0.2) is 4.79 Å². The lowest BCUT2D eigenvalue weighted by atomic mass is 9.94. The topological polar surface area (TPSA) is 103 Å². The van der Waals surface area contributed by atoms with Gasteiger partial charge < -0.3 is 30.1 Å². The highest BCUT2D eigenvalue weighted by Crippen LogP contribution is 2.33. The Balaban J connectivity index is 1.41. The first-order chi connectivity index (χ1) is 15.1. The van der Waals surface area contributed by atoms with Crippen LogP contribution in [0.4, 0.5) is 23.7 Å². The Kier molecular flexibility index (Phi) is 6.30. The van der Waals surface area contributed by atoms with Gasteiger partial charge in [-0.3, -0.25) is 9.69 Å². The number of anilines is 1. The van der Waals surface area contributed by atoms with E-state index in [1.807, 2.05) is 4.90 Å². The minimum atomic E-state index is -4.53. The van der Waals surface area contributed by atoms with Crippen molar-refractivity contribution in [3.8, 4) is 0 Å². The number of fused-ring (bicyclic) bond motifs is 2. The number of hydrogen-bond donors (Lipinski definition) is 3. The van der Waals surface area contributed by atoms with Gasteiger partial charge in [-0.05, 0) is 18.2 Å². The third kappa shape index (κ3) is 4.68. The second kappa shape index (κ2) is 8.85. The first-order valence-electron chi connectivity index (χ1n) is 10.3. The fourth-order valence-corrected chi connectivity index (χ4v) is 4.39. The van der Waals surface area contributed by atoms with E-state index in [4.69, 9.17) is 9.47 Å². The number of piperazine rings is 1. The van der Waals surface area contributed by atoms with E-state index in [0.29, 0.717) is 26.2 Å². The van der Waals surface area contributed by atoms with Crippen molar-refractivity contribution < 1.29 is 37.3 Å². The monoisotopic (exact) mass is 458 g/mol. The maximum Gasteiger partial charge on any atom is 0.416 e. The van der Waals surface area contributed by atoms with E-state index in [1.54, 1.807) is 4.90 Å². The van der Waals surface area contributed by atoms with E-state index in [9.17, 15) is 27.9 Å². The molecule has 3 fully saturated rings. The van der Waals surface area contributed by atoms with Gasteiger partial charge >= 0.3 is 12.2 Å². The van der Waals surface area contributed by atoms with Crippen LogP contribution in [0.15, 0.2) is 24.3 Å². The maximum absolute atomic E-state index is 12.9.